The number of nitrogens with two attached hydrogens (primary N) is 1. The smallest absolute Gasteiger partial charge is 0.289 e. The van der Waals surface area contributed by atoms with E-state index in [4.69, 9.17) is 57.5 Å². The number of pyridine rings is 1. The second kappa shape index (κ2) is 9.82. The van der Waals surface area contributed by atoms with Crippen LogP contribution in [-0.2, 0) is 0 Å². The number of hydrogen-bond acceptors (Lipinski definition) is 5. The summed E-state index contributed by atoms with van der Waals surface area (Å²) in [6.45, 7) is 0. The van der Waals surface area contributed by atoms with Gasteiger partial charge >= 0.3 is 0 Å². The third-order valence-corrected chi connectivity index (χ3v) is 5.01. The SMILES string of the molecule is Nc1c(Cl)c(Cl)nc(C(=O)NNC(=S)Nc2ccc(Oc3ccccc3)cc2)c1Cl. The summed E-state index contributed by atoms with van der Waals surface area (Å²) >= 11 is 22.8. The van der Waals surface area contributed by atoms with Gasteiger partial charge in [0, 0.05) is 5.69 Å². The van der Waals surface area contributed by atoms with Crippen molar-refractivity contribution in [2.45, 2.75) is 0 Å². The quantitative estimate of drug-likeness (QED) is 0.234. The molecule has 0 saturated heterocycles. The van der Waals surface area contributed by atoms with Crippen molar-refractivity contribution in [2.24, 2.45) is 0 Å². The van der Waals surface area contributed by atoms with Gasteiger partial charge in [-0.15, -0.1) is 0 Å². The first-order chi connectivity index (χ1) is 14.3. The van der Waals surface area contributed by atoms with E-state index >= 15 is 0 Å². The van der Waals surface area contributed by atoms with Crippen molar-refractivity contribution < 1.29 is 9.53 Å². The standard InChI is InChI=1S/C19H14Cl3N5O2S/c20-13-15(23)14(21)17(22)25-16(13)18(28)26-27-19(30)24-10-6-8-12(9-7-10)29-11-4-2-1-3-5-11/h1-9H,(H2,23,25)(H,26,28)(H2,24,27,30). The number of hydrazine groups is 1. The Morgan fingerprint density at radius 3 is 2.23 bits per heavy atom. The summed E-state index contributed by atoms with van der Waals surface area (Å²) in [6, 6.07) is 16.5. The monoisotopic (exact) mass is 481 g/mol. The van der Waals surface area contributed by atoms with Gasteiger partial charge in [-0.05, 0) is 48.6 Å². The number of rotatable bonds is 4. The minimum absolute atomic E-state index is 0.0249. The van der Waals surface area contributed by atoms with E-state index in [1.54, 1.807) is 24.3 Å². The molecule has 3 rings (SSSR count). The van der Waals surface area contributed by atoms with E-state index in [0.29, 0.717) is 11.4 Å². The number of carbonyl (C=O) groups is 1. The molecule has 30 heavy (non-hydrogen) atoms. The van der Waals surface area contributed by atoms with Crippen LogP contribution < -0.4 is 26.6 Å². The molecule has 5 N–H and O–H groups in total. The molecule has 0 aliphatic heterocycles. The lowest BCUT2D eigenvalue weighted by molar-refractivity contribution is 0.0939. The van der Waals surface area contributed by atoms with Gasteiger partial charge in [-0.1, -0.05) is 53.0 Å². The Morgan fingerprint density at radius 1 is 0.933 bits per heavy atom. The number of anilines is 2. The van der Waals surface area contributed by atoms with E-state index in [-0.39, 0.29) is 31.7 Å². The minimum Gasteiger partial charge on any atom is -0.457 e. The van der Waals surface area contributed by atoms with Gasteiger partial charge in [0.2, 0.25) is 0 Å². The molecule has 1 aromatic heterocycles. The third-order valence-electron chi connectivity index (χ3n) is 3.67. The van der Waals surface area contributed by atoms with E-state index in [2.05, 4.69) is 21.2 Å². The third kappa shape index (κ3) is 5.43. The van der Waals surface area contributed by atoms with Crippen LogP contribution in [0.2, 0.25) is 15.2 Å². The molecule has 0 aliphatic carbocycles. The molecular weight excluding hydrogens is 469 g/mol. The number of para-hydroxylation sites is 1. The molecule has 0 bridgehead atoms. The van der Waals surface area contributed by atoms with Crippen LogP contribution in [0.4, 0.5) is 11.4 Å². The summed E-state index contributed by atoms with van der Waals surface area (Å²) in [5.74, 6) is 0.700. The number of nitrogen functional groups attached to an aromatic ring is 1. The van der Waals surface area contributed by atoms with Crippen molar-refractivity contribution in [1.82, 2.24) is 15.8 Å². The Kier molecular flexibility index (Phi) is 7.17. The maximum absolute atomic E-state index is 12.3. The largest absolute Gasteiger partial charge is 0.457 e. The molecule has 11 heteroatoms. The second-order valence-electron chi connectivity index (χ2n) is 5.77. The van der Waals surface area contributed by atoms with Gasteiger partial charge in [0.25, 0.3) is 5.91 Å². The first kappa shape index (κ1) is 21.9. The average molecular weight is 483 g/mol. The first-order valence-electron chi connectivity index (χ1n) is 8.35. The van der Waals surface area contributed by atoms with E-state index in [0.717, 1.165) is 5.75 Å². The molecule has 0 radical (unpaired) electrons. The van der Waals surface area contributed by atoms with Gasteiger partial charge in [0.15, 0.2) is 16.0 Å². The molecule has 1 amide bonds. The average Bonchev–Trinajstić information content (AvgIpc) is 2.75. The van der Waals surface area contributed by atoms with Gasteiger partial charge in [-0.25, -0.2) is 4.98 Å². The van der Waals surface area contributed by atoms with Gasteiger partial charge in [0.1, 0.15) is 16.5 Å². The maximum atomic E-state index is 12.3. The molecule has 154 valence electrons. The fraction of sp³-hybridized carbons (Fsp3) is 0. The van der Waals surface area contributed by atoms with Crippen molar-refractivity contribution in [3.05, 3.63) is 75.5 Å². The van der Waals surface area contributed by atoms with Crippen molar-refractivity contribution in [3.8, 4) is 11.5 Å². The molecule has 0 unspecified atom stereocenters. The number of nitrogens with zero attached hydrogens (tertiary/aromatic N) is 1. The topological polar surface area (TPSA) is 101 Å². The number of halogens is 3. The summed E-state index contributed by atoms with van der Waals surface area (Å²) in [7, 11) is 0. The number of ether oxygens (including phenoxy) is 1. The molecular formula is C19H14Cl3N5O2S. The van der Waals surface area contributed by atoms with Crippen molar-refractivity contribution in [2.75, 3.05) is 11.1 Å². The highest BCUT2D eigenvalue weighted by molar-refractivity contribution is 7.80. The Labute approximate surface area is 192 Å². The molecule has 0 spiro atoms. The fourth-order valence-electron chi connectivity index (χ4n) is 2.25. The highest BCUT2D eigenvalue weighted by atomic mass is 35.5. The summed E-state index contributed by atoms with van der Waals surface area (Å²) in [5.41, 5.74) is 11.0. The highest BCUT2D eigenvalue weighted by Gasteiger charge is 2.19. The van der Waals surface area contributed by atoms with E-state index < -0.39 is 5.91 Å². The lowest BCUT2D eigenvalue weighted by Gasteiger charge is -2.13. The molecule has 0 aliphatic rings. The molecule has 7 nitrogen and oxygen atoms in total. The molecule has 3 aromatic rings. The Bertz CT molecular complexity index is 1080. The number of thiocarbonyl (C=S) groups is 1. The van der Waals surface area contributed by atoms with Crippen LogP contribution in [0.3, 0.4) is 0 Å². The zero-order valence-electron chi connectivity index (χ0n) is 15.1. The molecule has 0 atom stereocenters. The Hall–Kier alpha value is -2.78. The van der Waals surface area contributed by atoms with E-state index in [1.807, 2.05) is 30.3 Å². The molecule has 2 aromatic carbocycles. The summed E-state index contributed by atoms with van der Waals surface area (Å²) in [6.07, 6.45) is 0. The predicted molar refractivity (Wildman–Crippen MR) is 123 cm³/mol. The molecule has 0 fully saturated rings. The normalized spacial score (nSPS) is 10.2. The minimum atomic E-state index is -0.693. The van der Waals surface area contributed by atoms with Crippen LogP contribution in [0.15, 0.2) is 54.6 Å². The van der Waals surface area contributed by atoms with E-state index in [9.17, 15) is 4.79 Å². The van der Waals surface area contributed by atoms with Crippen LogP contribution in [-0.4, -0.2) is 16.0 Å². The number of aromatic nitrogens is 1. The predicted octanol–water partition coefficient (Wildman–Crippen LogP) is 5.05. The summed E-state index contributed by atoms with van der Waals surface area (Å²) in [4.78, 5) is 16.1. The van der Waals surface area contributed by atoms with E-state index in [1.165, 1.54) is 0 Å². The highest BCUT2D eigenvalue weighted by Crippen LogP contribution is 2.34. The van der Waals surface area contributed by atoms with Gasteiger partial charge in [-0.3, -0.25) is 15.6 Å². The van der Waals surface area contributed by atoms with Crippen LogP contribution >= 0.6 is 47.0 Å². The summed E-state index contributed by atoms with van der Waals surface area (Å²) < 4.78 is 5.72. The first-order valence-corrected chi connectivity index (χ1v) is 9.89. The number of benzene rings is 2. The summed E-state index contributed by atoms with van der Waals surface area (Å²) in [5, 5.41) is 2.76. The lowest BCUT2D eigenvalue weighted by Crippen LogP contribution is -2.44. The molecule has 1 heterocycles. The van der Waals surface area contributed by atoms with Gasteiger partial charge < -0.3 is 15.8 Å². The zero-order valence-corrected chi connectivity index (χ0v) is 18.2. The lowest BCUT2D eigenvalue weighted by atomic mass is 10.3. The Balaban J connectivity index is 1.55. The van der Waals surface area contributed by atoms with Crippen molar-refractivity contribution in [1.29, 1.82) is 0 Å². The Morgan fingerprint density at radius 2 is 1.57 bits per heavy atom. The number of carbonyl (C=O) groups excluding carboxylic acids is 1. The molecule has 0 saturated carbocycles. The number of nitrogens with one attached hydrogen (secondary N) is 3. The zero-order chi connectivity index (χ0) is 21.7. The van der Waals surface area contributed by atoms with Crippen molar-refractivity contribution in [3.63, 3.8) is 0 Å². The van der Waals surface area contributed by atoms with Crippen LogP contribution in [0, 0.1) is 0 Å². The maximum Gasteiger partial charge on any atom is 0.289 e. The fourth-order valence-corrected chi connectivity index (χ4v) is 3.01. The van der Waals surface area contributed by atoms with Crippen LogP contribution in [0.1, 0.15) is 10.5 Å². The van der Waals surface area contributed by atoms with Crippen LogP contribution in [0.25, 0.3) is 0 Å². The van der Waals surface area contributed by atoms with Crippen LogP contribution in [0.5, 0.6) is 11.5 Å². The van der Waals surface area contributed by atoms with Gasteiger partial charge in [0.05, 0.1) is 10.7 Å². The van der Waals surface area contributed by atoms with Gasteiger partial charge in [-0.2, -0.15) is 0 Å². The number of amides is 1. The second-order valence-corrected chi connectivity index (χ2v) is 7.29. The van der Waals surface area contributed by atoms with Crippen molar-refractivity contribution >= 4 is 69.4 Å². The number of hydrogen-bond donors (Lipinski definition) is 4.